The Morgan fingerprint density at radius 1 is 1.26 bits per heavy atom. The van der Waals surface area contributed by atoms with Crippen LogP contribution >= 0.6 is 0 Å². The first-order valence-electron chi connectivity index (χ1n) is 11.9. The van der Waals surface area contributed by atoms with Crippen LogP contribution in [0.5, 0.6) is 5.75 Å². The van der Waals surface area contributed by atoms with Crippen molar-refractivity contribution >= 4 is 11.6 Å². The van der Waals surface area contributed by atoms with Crippen LogP contribution in [0.4, 0.5) is 18.9 Å². The monoisotopic (exact) mass is 480 g/mol. The van der Waals surface area contributed by atoms with Gasteiger partial charge in [-0.1, -0.05) is 19.8 Å². The Labute approximate surface area is 199 Å². The summed E-state index contributed by atoms with van der Waals surface area (Å²) >= 11 is 0. The van der Waals surface area contributed by atoms with E-state index in [9.17, 15) is 18.0 Å². The van der Waals surface area contributed by atoms with Gasteiger partial charge in [-0.15, -0.1) is 0 Å². The molecule has 1 atom stereocenters. The number of aryl methyl sites for hydroxylation is 1. The lowest BCUT2D eigenvalue weighted by Gasteiger charge is -2.26. The van der Waals surface area contributed by atoms with E-state index in [0.29, 0.717) is 53.0 Å². The lowest BCUT2D eigenvalue weighted by Crippen LogP contribution is -2.33. The summed E-state index contributed by atoms with van der Waals surface area (Å²) in [6.45, 7) is 8.26. The Balaban J connectivity index is 1.83. The topological polar surface area (TPSA) is 68.2 Å². The summed E-state index contributed by atoms with van der Waals surface area (Å²) in [6, 6.07) is 3.11. The lowest BCUT2D eigenvalue weighted by molar-refractivity contribution is -0.138. The van der Waals surface area contributed by atoms with Gasteiger partial charge in [0.25, 0.3) is 5.91 Å². The third kappa shape index (κ3) is 5.85. The van der Waals surface area contributed by atoms with Gasteiger partial charge in [-0.05, 0) is 57.6 Å². The predicted molar refractivity (Wildman–Crippen MR) is 127 cm³/mol. The molecule has 1 aromatic heterocycles. The maximum absolute atomic E-state index is 13.0. The third-order valence-corrected chi connectivity index (χ3v) is 6.72. The van der Waals surface area contributed by atoms with Gasteiger partial charge in [-0.25, -0.2) is 0 Å². The van der Waals surface area contributed by atoms with E-state index in [1.54, 1.807) is 16.8 Å². The normalized spacial score (nSPS) is 19.5. The quantitative estimate of drug-likeness (QED) is 0.501. The number of nitrogens with one attached hydrogen (secondary N) is 2. The van der Waals surface area contributed by atoms with Crippen molar-refractivity contribution in [1.82, 2.24) is 15.1 Å². The van der Waals surface area contributed by atoms with Crippen LogP contribution in [0, 0.1) is 18.8 Å². The maximum Gasteiger partial charge on any atom is 0.408 e. The van der Waals surface area contributed by atoms with Crippen molar-refractivity contribution in [3.8, 4) is 17.0 Å². The number of ether oxygens (including phenoxy) is 1. The van der Waals surface area contributed by atoms with Crippen molar-refractivity contribution in [1.29, 1.82) is 0 Å². The van der Waals surface area contributed by atoms with Gasteiger partial charge >= 0.3 is 6.18 Å². The molecule has 1 aliphatic carbocycles. The van der Waals surface area contributed by atoms with Crippen molar-refractivity contribution in [3.05, 3.63) is 29.5 Å². The standard InChI is InChI=1S/C25H35F3N4O2/c1-6-32-23(20-12-11-19(13-21(20)34-5)30-17(4)25(26,27)28)16(3)22(31-32)24(33)29-14-18-9-7-15(2)8-10-18/h11-13,15,17-18,30H,6-10,14H2,1-5H3,(H,29,33)/t15?,17-,18?/m1/s1. The molecule has 3 rings (SSSR count). The average molecular weight is 481 g/mol. The van der Waals surface area contributed by atoms with Gasteiger partial charge in [0.2, 0.25) is 0 Å². The second-order valence-corrected chi connectivity index (χ2v) is 9.30. The Hall–Kier alpha value is -2.71. The zero-order valence-electron chi connectivity index (χ0n) is 20.6. The summed E-state index contributed by atoms with van der Waals surface area (Å²) in [5.41, 5.74) is 2.74. The first-order chi connectivity index (χ1) is 16.0. The van der Waals surface area contributed by atoms with Crippen LogP contribution in [-0.2, 0) is 6.54 Å². The number of rotatable bonds is 8. The molecule has 2 aromatic rings. The van der Waals surface area contributed by atoms with Crippen molar-refractivity contribution in [3.63, 3.8) is 0 Å². The molecular weight excluding hydrogens is 445 g/mol. The highest BCUT2D eigenvalue weighted by Crippen LogP contribution is 2.36. The van der Waals surface area contributed by atoms with Gasteiger partial charge in [-0.2, -0.15) is 18.3 Å². The van der Waals surface area contributed by atoms with Gasteiger partial charge in [-0.3, -0.25) is 9.48 Å². The number of carbonyl (C=O) groups excluding carboxylic acids is 1. The predicted octanol–water partition coefficient (Wildman–Crippen LogP) is 5.81. The first kappa shape index (κ1) is 25.9. The molecule has 6 nitrogen and oxygen atoms in total. The molecule has 0 radical (unpaired) electrons. The number of halogens is 3. The number of aromatic nitrogens is 2. The second kappa shape index (κ2) is 10.7. The Kier molecular flexibility index (Phi) is 8.15. The molecule has 1 saturated carbocycles. The molecular formula is C25H35F3N4O2. The molecule has 0 aliphatic heterocycles. The molecule has 0 unspecified atom stereocenters. The summed E-state index contributed by atoms with van der Waals surface area (Å²) in [4.78, 5) is 13.0. The average Bonchev–Trinajstić information content (AvgIpc) is 3.13. The third-order valence-electron chi connectivity index (χ3n) is 6.72. The minimum Gasteiger partial charge on any atom is -0.496 e. The molecule has 1 fully saturated rings. The summed E-state index contributed by atoms with van der Waals surface area (Å²) in [5, 5.41) is 10.1. The zero-order chi connectivity index (χ0) is 25.0. The number of alkyl halides is 3. The molecule has 1 aliphatic rings. The largest absolute Gasteiger partial charge is 0.496 e. The van der Waals surface area contributed by atoms with Crippen LogP contribution < -0.4 is 15.4 Å². The van der Waals surface area contributed by atoms with Gasteiger partial charge in [0, 0.05) is 36.0 Å². The van der Waals surface area contributed by atoms with Crippen LogP contribution in [0.3, 0.4) is 0 Å². The smallest absolute Gasteiger partial charge is 0.408 e. The van der Waals surface area contributed by atoms with E-state index < -0.39 is 12.2 Å². The Bertz CT molecular complexity index is 995. The molecule has 1 aromatic carbocycles. The van der Waals surface area contributed by atoms with Crippen molar-refractivity contribution in [2.45, 2.75) is 72.1 Å². The Morgan fingerprint density at radius 3 is 2.53 bits per heavy atom. The van der Waals surface area contributed by atoms with E-state index in [0.717, 1.165) is 25.7 Å². The fraction of sp³-hybridized carbons (Fsp3) is 0.600. The number of benzene rings is 1. The van der Waals surface area contributed by atoms with Crippen LogP contribution in [-0.4, -0.2) is 41.6 Å². The first-order valence-corrected chi connectivity index (χ1v) is 11.9. The number of anilines is 1. The van der Waals surface area contributed by atoms with Crippen LogP contribution in [0.1, 0.15) is 62.5 Å². The van der Waals surface area contributed by atoms with E-state index in [2.05, 4.69) is 22.7 Å². The summed E-state index contributed by atoms with van der Waals surface area (Å²) < 4.78 is 46.1. The number of hydrogen-bond acceptors (Lipinski definition) is 4. The van der Waals surface area contributed by atoms with E-state index in [1.807, 2.05) is 13.8 Å². The zero-order valence-corrected chi connectivity index (χ0v) is 20.6. The van der Waals surface area contributed by atoms with Gasteiger partial charge in [0.15, 0.2) is 5.69 Å². The summed E-state index contributed by atoms with van der Waals surface area (Å²) in [6.07, 6.45) is 0.280. The van der Waals surface area contributed by atoms with E-state index >= 15 is 0 Å². The molecule has 2 N–H and O–H groups in total. The SMILES string of the molecule is CCn1nc(C(=O)NCC2CCC(C)CC2)c(C)c1-c1ccc(N[C@H](C)C(F)(F)F)cc1OC. The van der Waals surface area contributed by atoms with Crippen LogP contribution in [0.2, 0.25) is 0 Å². The second-order valence-electron chi connectivity index (χ2n) is 9.30. The highest BCUT2D eigenvalue weighted by molar-refractivity contribution is 5.95. The molecule has 34 heavy (non-hydrogen) atoms. The van der Waals surface area contributed by atoms with Gasteiger partial charge in [0.1, 0.15) is 11.8 Å². The molecule has 188 valence electrons. The van der Waals surface area contributed by atoms with E-state index in [1.165, 1.54) is 26.0 Å². The molecule has 1 heterocycles. The molecule has 1 amide bonds. The van der Waals surface area contributed by atoms with E-state index in [-0.39, 0.29) is 5.91 Å². The van der Waals surface area contributed by atoms with Crippen LogP contribution in [0.25, 0.3) is 11.3 Å². The molecule has 9 heteroatoms. The van der Waals surface area contributed by atoms with Crippen molar-refractivity contribution in [2.75, 3.05) is 19.0 Å². The van der Waals surface area contributed by atoms with Crippen LogP contribution in [0.15, 0.2) is 18.2 Å². The minimum atomic E-state index is -4.36. The fourth-order valence-corrected chi connectivity index (χ4v) is 4.50. The maximum atomic E-state index is 13.0. The Morgan fingerprint density at radius 2 is 1.94 bits per heavy atom. The summed E-state index contributed by atoms with van der Waals surface area (Å²) in [5.74, 6) is 1.44. The van der Waals surface area contributed by atoms with Gasteiger partial charge < -0.3 is 15.4 Å². The number of carbonyl (C=O) groups is 1. The molecule has 0 spiro atoms. The number of methoxy groups -OCH3 is 1. The number of hydrogen-bond donors (Lipinski definition) is 2. The number of amides is 1. The van der Waals surface area contributed by atoms with Crippen molar-refractivity contribution in [2.24, 2.45) is 11.8 Å². The van der Waals surface area contributed by atoms with Crippen molar-refractivity contribution < 1.29 is 22.7 Å². The van der Waals surface area contributed by atoms with E-state index in [4.69, 9.17) is 4.74 Å². The summed E-state index contributed by atoms with van der Waals surface area (Å²) in [7, 11) is 1.47. The number of nitrogens with zero attached hydrogens (tertiary/aromatic N) is 2. The molecule has 0 saturated heterocycles. The van der Waals surface area contributed by atoms with Gasteiger partial charge in [0.05, 0.1) is 12.8 Å². The highest BCUT2D eigenvalue weighted by Gasteiger charge is 2.36. The minimum absolute atomic E-state index is 0.208. The molecule has 0 bridgehead atoms. The fourth-order valence-electron chi connectivity index (χ4n) is 4.50. The lowest BCUT2D eigenvalue weighted by atomic mass is 9.83. The highest BCUT2D eigenvalue weighted by atomic mass is 19.4.